The van der Waals surface area contributed by atoms with Crippen LogP contribution in [0, 0.1) is 12.8 Å². The highest BCUT2D eigenvalue weighted by molar-refractivity contribution is 6.62. The molecule has 3 rings (SSSR count). The Morgan fingerprint density at radius 1 is 1.21 bits per heavy atom. The first-order valence-corrected chi connectivity index (χ1v) is 9.32. The highest BCUT2D eigenvalue weighted by Crippen LogP contribution is 2.17. The lowest BCUT2D eigenvalue weighted by molar-refractivity contribution is -0.148. The van der Waals surface area contributed by atoms with E-state index in [1.165, 1.54) is 0 Å². The minimum Gasteiger partial charge on any atom is -0.459 e. The number of rotatable bonds is 6. The van der Waals surface area contributed by atoms with Gasteiger partial charge < -0.3 is 19.7 Å². The minimum absolute atomic E-state index is 0.143. The Balaban J connectivity index is 1.71. The van der Waals surface area contributed by atoms with Crippen LogP contribution in [0.15, 0.2) is 42.5 Å². The Kier molecular flexibility index (Phi) is 6.16. The van der Waals surface area contributed by atoms with Crippen molar-refractivity contribution in [3.63, 3.8) is 0 Å². The van der Waals surface area contributed by atoms with E-state index in [4.69, 9.17) is 9.39 Å². The Bertz CT molecular complexity index is 869. The highest BCUT2D eigenvalue weighted by Gasteiger charge is 2.32. The standard InChI is InChI=1S/C21H24BNO5/c1-13(2)19(21(25)27-11-15-7-5-4-6-8-15)23-20(24)17-10-9-16-12-28-22(26)18(16)14(17)3/h4-10,13,19,26H,11-12H2,1-3H3,(H,23,24). The Labute approximate surface area is 165 Å². The summed E-state index contributed by atoms with van der Waals surface area (Å²) in [6, 6.07) is 12.1. The van der Waals surface area contributed by atoms with Gasteiger partial charge >= 0.3 is 13.1 Å². The van der Waals surface area contributed by atoms with Crippen molar-refractivity contribution in [2.45, 2.75) is 40.0 Å². The normalized spacial score (nSPS) is 14.0. The fourth-order valence-electron chi connectivity index (χ4n) is 3.29. The molecule has 7 heteroatoms. The number of carbonyl (C=O) groups excluding carboxylic acids is 2. The molecule has 28 heavy (non-hydrogen) atoms. The van der Waals surface area contributed by atoms with Crippen LogP contribution in [0.5, 0.6) is 0 Å². The maximum Gasteiger partial charge on any atom is 0.492 e. The first-order chi connectivity index (χ1) is 13.4. The molecule has 0 saturated carbocycles. The second-order valence-corrected chi connectivity index (χ2v) is 7.26. The molecule has 0 radical (unpaired) electrons. The van der Waals surface area contributed by atoms with E-state index in [0.717, 1.165) is 11.1 Å². The zero-order chi connectivity index (χ0) is 20.3. The van der Waals surface area contributed by atoms with Crippen molar-refractivity contribution in [3.8, 4) is 0 Å². The first-order valence-electron chi connectivity index (χ1n) is 9.32. The van der Waals surface area contributed by atoms with Crippen molar-refractivity contribution in [2.75, 3.05) is 0 Å². The van der Waals surface area contributed by atoms with Gasteiger partial charge in [0, 0.05) is 5.56 Å². The summed E-state index contributed by atoms with van der Waals surface area (Å²) in [4.78, 5) is 25.4. The molecule has 1 amide bonds. The van der Waals surface area contributed by atoms with Gasteiger partial charge in [0.15, 0.2) is 0 Å². The maximum absolute atomic E-state index is 12.8. The topological polar surface area (TPSA) is 84.9 Å². The van der Waals surface area contributed by atoms with E-state index >= 15 is 0 Å². The molecule has 146 valence electrons. The fraction of sp³-hybridized carbons (Fsp3) is 0.333. The number of benzene rings is 2. The predicted octanol–water partition coefficient (Wildman–Crippen LogP) is 1.71. The van der Waals surface area contributed by atoms with Crippen molar-refractivity contribution >= 4 is 24.5 Å². The lowest BCUT2D eigenvalue weighted by Gasteiger charge is -2.22. The number of esters is 1. The lowest BCUT2D eigenvalue weighted by Crippen LogP contribution is -2.46. The van der Waals surface area contributed by atoms with Crippen LogP contribution in [0.2, 0.25) is 0 Å². The average Bonchev–Trinajstić information content (AvgIpc) is 3.06. The van der Waals surface area contributed by atoms with Gasteiger partial charge in [0.2, 0.25) is 0 Å². The van der Waals surface area contributed by atoms with E-state index in [1.807, 2.05) is 44.2 Å². The van der Waals surface area contributed by atoms with Gasteiger partial charge in [-0.2, -0.15) is 0 Å². The summed E-state index contributed by atoms with van der Waals surface area (Å²) in [7, 11) is -1.03. The maximum atomic E-state index is 12.8. The van der Waals surface area contributed by atoms with Crippen LogP contribution in [-0.4, -0.2) is 30.1 Å². The van der Waals surface area contributed by atoms with Gasteiger partial charge in [-0.1, -0.05) is 50.2 Å². The first kappa shape index (κ1) is 20.1. The average molecular weight is 381 g/mol. The van der Waals surface area contributed by atoms with Crippen molar-refractivity contribution in [3.05, 3.63) is 64.7 Å². The van der Waals surface area contributed by atoms with Crippen LogP contribution >= 0.6 is 0 Å². The van der Waals surface area contributed by atoms with Crippen LogP contribution in [0.1, 0.15) is 40.9 Å². The van der Waals surface area contributed by atoms with Crippen molar-refractivity contribution < 1.29 is 24.0 Å². The van der Waals surface area contributed by atoms with E-state index in [1.54, 1.807) is 19.1 Å². The highest BCUT2D eigenvalue weighted by atomic mass is 16.5. The van der Waals surface area contributed by atoms with E-state index in [-0.39, 0.29) is 18.4 Å². The van der Waals surface area contributed by atoms with Gasteiger partial charge in [-0.25, -0.2) is 4.79 Å². The van der Waals surface area contributed by atoms with E-state index < -0.39 is 19.1 Å². The molecule has 1 aliphatic heterocycles. The largest absolute Gasteiger partial charge is 0.492 e. The summed E-state index contributed by atoms with van der Waals surface area (Å²) in [5.74, 6) is -1.000. The van der Waals surface area contributed by atoms with E-state index in [0.29, 0.717) is 23.2 Å². The van der Waals surface area contributed by atoms with Crippen molar-refractivity contribution in [2.24, 2.45) is 5.92 Å². The number of carbonyl (C=O) groups is 2. The molecular formula is C21H24BNO5. The molecule has 1 heterocycles. The summed E-state index contributed by atoms with van der Waals surface area (Å²) >= 11 is 0. The third kappa shape index (κ3) is 4.26. The SMILES string of the molecule is Cc1c(C(=O)NC(C(=O)OCc2ccccc2)C(C)C)ccc2c1B(O)OC2. The number of hydrogen-bond acceptors (Lipinski definition) is 5. The smallest absolute Gasteiger partial charge is 0.459 e. The second kappa shape index (κ2) is 8.58. The van der Waals surface area contributed by atoms with Crippen LogP contribution in [-0.2, 0) is 27.4 Å². The van der Waals surface area contributed by atoms with Crippen LogP contribution < -0.4 is 10.8 Å². The molecule has 2 aromatic rings. The Hall–Kier alpha value is -2.64. The molecule has 0 fully saturated rings. The summed E-state index contributed by atoms with van der Waals surface area (Å²) in [5.41, 5.74) is 3.43. The molecule has 0 aliphatic carbocycles. The zero-order valence-corrected chi connectivity index (χ0v) is 16.3. The molecule has 0 saturated heterocycles. The van der Waals surface area contributed by atoms with Gasteiger partial charge in [-0.15, -0.1) is 0 Å². The summed E-state index contributed by atoms with van der Waals surface area (Å²) < 4.78 is 10.6. The van der Waals surface area contributed by atoms with Crippen molar-refractivity contribution in [1.29, 1.82) is 0 Å². The van der Waals surface area contributed by atoms with Crippen LogP contribution in [0.3, 0.4) is 0 Å². The van der Waals surface area contributed by atoms with Gasteiger partial charge in [0.25, 0.3) is 5.91 Å². The van der Waals surface area contributed by atoms with Crippen LogP contribution in [0.4, 0.5) is 0 Å². The Morgan fingerprint density at radius 2 is 1.93 bits per heavy atom. The Morgan fingerprint density at radius 3 is 2.61 bits per heavy atom. The quantitative estimate of drug-likeness (QED) is 0.588. The molecule has 1 atom stereocenters. The van der Waals surface area contributed by atoms with E-state index in [9.17, 15) is 14.6 Å². The third-order valence-corrected chi connectivity index (χ3v) is 4.92. The molecule has 0 bridgehead atoms. The number of ether oxygens (including phenoxy) is 1. The molecule has 0 aromatic heterocycles. The molecular weight excluding hydrogens is 357 g/mol. The third-order valence-electron chi connectivity index (χ3n) is 4.92. The van der Waals surface area contributed by atoms with Crippen molar-refractivity contribution in [1.82, 2.24) is 5.32 Å². The number of hydrogen-bond donors (Lipinski definition) is 2. The van der Waals surface area contributed by atoms with Gasteiger partial charge in [-0.3, -0.25) is 4.79 Å². The molecule has 0 spiro atoms. The monoisotopic (exact) mass is 381 g/mol. The second-order valence-electron chi connectivity index (χ2n) is 7.26. The number of nitrogens with one attached hydrogen (secondary N) is 1. The van der Waals surface area contributed by atoms with Crippen LogP contribution in [0.25, 0.3) is 0 Å². The minimum atomic E-state index is -1.03. The molecule has 2 aromatic carbocycles. The summed E-state index contributed by atoms with van der Waals surface area (Å²) in [6.45, 7) is 5.94. The van der Waals surface area contributed by atoms with E-state index in [2.05, 4.69) is 5.32 Å². The molecule has 1 aliphatic rings. The van der Waals surface area contributed by atoms with Gasteiger partial charge in [0.05, 0.1) is 6.61 Å². The van der Waals surface area contributed by atoms with Gasteiger partial charge in [0.1, 0.15) is 12.6 Å². The zero-order valence-electron chi connectivity index (χ0n) is 16.3. The summed E-state index contributed by atoms with van der Waals surface area (Å²) in [6.07, 6.45) is 0. The molecule has 2 N–H and O–H groups in total. The van der Waals surface area contributed by atoms with Gasteiger partial charge in [-0.05, 0) is 41.1 Å². The lowest BCUT2D eigenvalue weighted by atomic mass is 9.75. The summed E-state index contributed by atoms with van der Waals surface area (Å²) in [5, 5.41) is 12.8. The number of fused-ring (bicyclic) bond motifs is 1. The number of amides is 1. The predicted molar refractivity (Wildman–Crippen MR) is 106 cm³/mol. The molecule has 1 unspecified atom stereocenters. The fourth-order valence-corrected chi connectivity index (χ4v) is 3.29. The molecule has 6 nitrogen and oxygen atoms in total.